The Kier molecular flexibility index (Phi) is 6.86. The normalized spacial score (nSPS) is 24.6. The number of pyridine rings is 1. The van der Waals surface area contributed by atoms with Gasteiger partial charge in [0.25, 0.3) is 0 Å². The van der Waals surface area contributed by atoms with Crippen LogP contribution in [0, 0.1) is 5.41 Å². The number of rotatable bonds is 8. The van der Waals surface area contributed by atoms with Crippen molar-refractivity contribution in [2.24, 2.45) is 5.41 Å². The van der Waals surface area contributed by atoms with Crippen molar-refractivity contribution in [3.8, 4) is 0 Å². The average molecular weight is 470 g/mol. The van der Waals surface area contributed by atoms with Crippen LogP contribution >= 0.6 is 23.5 Å². The summed E-state index contributed by atoms with van der Waals surface area (Å²) in [5.41, 5.74) is 0.792. The quantitative estimate of drug-likeness (QED) is 0.573. The highest BCUT2D eigenvalue weighted by Gasteiger charge is 2.57. The fourth-order valence-electron chi connectivity index (χ4n) is 3.72. The maximum atomic E-state index is 12.7. The predicted octanol–water partition coefficient (Wildman–Crippen LogP) is 2.50. The number of thioether (sulfide) groups is 2. The van der Waals surface area contributed by atoms with Crippen LogP contribution in [0.1, 0.15) is 11.1 Å². The number of hydrogen-bond donors (Lipinski definition) is 2. The third-order valence-corrected chi connectivity index (χ3v) is 8.16. The van der Waals surface area contributed by atoms with Gasteiger partial charge in [-0.3, -0.25) is 19.4 Å². The molecule has 2 amide bonds. The van der Waals surface area contributed by atoms with E-state index in [1.807, 2.05) is 53.9 Å². The van der Waals surface area contributed by atoms with Crippen molar-refractivity contribution in [2.45, 2.75) is 17.8 Å². The minimum atomic E-state index is -1.03. The molecule has 1 aromatic heterocycles. The Morgan fingerprint density at radius 2 is 2.09 bits per heavy atom. The van der Waals surface area contributed by atoms with E-state index in [-0.39, 0.29) is 30.2 Å². The van der Waals surface area contributed by atoms with Crippen molar-refractivity contribution < 1.29 is 19.5 Å². The SMILES string of the molecule is O=C(Cc1ccccc1)NC1C(=O)N2CC(CSC=Cc3cccnc3)(C(=O)O)CS[C@H]12. The van der Waals surface area contributed by atoms with E-state index in [1.54, 1.807) is 17.3 Å². The lowest BCUT2D eigenvalue weighted by molar-refractivity contribution is -0.157. The molecule has 2 aliphatic rings. The van der Waals surface area contributed by atoms with Gasteiger partial charge in [0.05, 0.1) is 6.42 Å². The molecule has 32 heavy (non-hydrogen) atoms. The minimum absolute atomic E-state index is 0.150. The van der Waals surface area contributed by atoms with Crippen molar-refractivity contribution in [2.75, 3.05) is 18.1 Å². The topological polar surface area (TPSA) is 99.6 Å². The Hall–Kier alpha value is -2.78. The average Bonchev–Trinajstić information content (AvgIpc) is 2.81. The molecule has 2 N–H and O–H groups in total. The number of nitrogens with one attached hydrogen (secondary N) is 1. The van der Waals surface area contributed by atoms with Gasteiger partial charge >= 0.3 is 5.97 Å². The first kappa shape index (κ1) is 22.4. The summed E-state index contributed by atoms with van der Waals surface area (Å²) in [5, 5.41) is 14.4. The largest absolute Gasteiger partial charge is 0.481 e. The van der Waals surface area contributed by atoms with Gasteiger partial charge in [-0.05, 0) is 28.7 Å². The maximum absolute atomic E-state index is 12.7. The molecule has 2 saturated heterocycles. The zero-order valence-corrected chi connectivity index (χ0v) is 18.8. The van der Waals surface area contributed by atoms with Crippen LogP contribution in [0.5, 0.6) is 0 Å². The van der Waals surface area contributed by atoms with Crippen molar-refractivity contribution in [3.05, 3.63) is 71.4 Å². The van der Waals surface area contributed by atoms with E-state index in [2.05, 4.69) is 10.3 Å². The second-order valence-electron chi connectivity index (χ2n) is 7.86. The van der Waals surface area contributed by atoms with Gasteiger partial charge in [-0.25, -0.2) is 0 Å². The summed E-state index contributed by atoms with van der Waals surface area (Å²) < 4.78 is 0. The van der Waals surface area contributed by atoms with Crippen LogP contribution in [0.4, 0.5) is 0 Å². The summed E-state index contributed by atoms with van der Waals surface area (Å²) in [6.07, 6.45) is 5.52. The van der Waals surface area contributed by atoms with Crippen LogP contribution in [0.2, 0.25) is 0 Å². The maximum Gasteiger partial charge on any atom is 0.313 e. The fourth-order valence-corrected chi connectivity index (χ4v) is 6.38. The Bertz CT molecular complexity index is 1020. The van der Waals surface area contributed by atoms with Crippen molar-refractivity contribution >= 4 is 47.4 Å². The molecule has 1 aromatic carbocycles. The molecule has 2 aliphatic heterocycles. The summed E-state index contributed by atoms with van der Waals surface area (Å²) in [7, 11) is 0. The zero-order chi connectivity index (χ0) is 22.6. The molecule has 7 nitrogen and oxygen atoms in total. The molecule has 0 bridgehead atoms. The second-order valence-corrected chi connectivity index (χ2v) is 9.86. The highest BCUT2D eigenvalue weighted by molar-refractivity contribution is 8.02. The van der Waals surface area contributed by atoms with Crippen molar-refractivity contribution in [3.63, 3.8) is 0 Å². The number of fused-ring (bicyclic) bond motifs is 1. The van der Waals surface area contributed by atoms with Crippen LogP contribution in [0.3, 0.4) is 0 Å². The standard InChI is InChI=1S/C23H23N3O4S2/c27-18(11-16-5-2-1-3-6-16)25-19-20(28)26-13-23(22(29)30,15-32-21(19)26)14-31-10-8-17-7-4-9-24-12-17/h1-10,12,19,21H,11,13-15H2,(H,25,27)(H,29,30)/t19?,21-,23?/m1/s1. The minimum Gasteiger partial charge on any atom is -0.481 e. The molecule has 0 radical (unpaired) electrons. The van der Waals surface area contributed by atoms with Crippen molar-refractivity contribution in [1.29, 1.82) is 0 Å². The molecule has 3 atom stereocenters. The van der Waals surface area contributed by atoms with Gasteiger partial charge < -0.3 is 15.3 Å². The molecular weight excluding hydrogens is 446 g/mol. The fraction of sp³-hybridized carbons (Fsp3) is 0.304. The summed E-state index contributed by atoms with van der Waals surface area (Å²) in [6, 6.07) is 12.5. The van der Waals surface area contributed by atoms with Gasteiger partial charge in [0.2, 0.25) is 11.8 Å². The number of carboxylic acid groups (broad SMARTS) is 1. The number of amides is 2. The summed E-state index contributed by atoms with van der Waals surface area (Å²) in [4.78, 5) is 42.8. The van der Waals surface area contributed by atoms with Crippen molar-refractivity contribution in [1.82, 2.24) is 15.2 Å². The van der Waals surface area contributed by atoms with E-state index < -0.39 is 17.4 Å². The van der Waals surface area contributed by atoms with E-state index in [0.717, 1.165) is 11.1 Å². The van der Waals surface area contributed by atoms with E-state index in [0.29, 0.717) is 11.5 Å². The second kappa shape index (κ2) is 9.79. The number of aliphatic carboxylic acids is 1. The smallest absolute Gasteiger partial charge is 0.313 e. The van der Waals surface area contributed by atoms with Crippen LogP contribution in [0.15, 0.2) is 60.3 Å². The van der Waals surface area contributed by atoms with E-state index in [1.165, 1.54) is 23.5 Å². The molecule has 4 rings (SSSR count). The summed E-state index contributed by atoms with van der Waals surface area (Å²) in [6.45, 7) is 0.150. The van der Waals surface area contributed by atoms with Crippen LogP contribution in [-0.2, 0) is 20.8 Å². The van der Waals surface area contributed by atoms with E-state index >= 15 is 0 Å². The van der Waals surface area contributed by atoms with Crippen LogP contribution < -0.4 is 5.32 Å². The number of β-lactam (4-membered cyclic amide) rings is 1. The van der Waals surface area contributed by atoms with E-state index in [9.17, 15) is 19.5 Å². The number of aromatic nitrogens is 1. The number of nitrogens with zero attached hydrogens (tertiary/aromatic N) is 2. The Morgan fingerprint density at radius 1 is 1.28 bits per heavy atom. The number of carboxylic acids is 1. The number of carbonyl (C=O) groups excluding carboxylic acids is 2. The molecule has 9 heteroatoms. The third-order valence-electron chi connectivity index (χ3n) is 5.52. The first-order valence-corrected chi connectivity index (χ1v) is 12.3. The molecule has 0 spiro atoms. The van der Waals surface area contributed by atoms with Crippen LogP contribution in [0.25, 0.3) is 6.08 Å². The predicted molar refractivity (Wildman–Crippen MR) is 126 cm³/mol. The molecule has 2 unspecified atom stereocenters. The molecule has 0 saturated carbocycles. The first-order valence-electron chi connectivity index (χ1n) is 10.2. The van der Waals surface area contributed by atoms with Gasteiger partial charge in [-0.1, -0.05) is 36.4 Å². The van der Waals surface area contributed by atoms with Crippen LogP contribution in [-0.4, -0.2) is 62.2 Å². The Labute approximate surface area is 194 Å². The lowest BCUT2D eigenvalue weighted by atomic mass is 9.89. The Morgan fingerprint density at radius 3 is 2.81 bits per heavy atom. The lowest BCUT2D eigenvalue weighted by Gasteiger charge is -2.53. The van der Waals surface area contributed by atoms with Gasteiger partial charge in [-0.2, -0.15) is 0 Å². The molecule has 2 aromatic rings. The van der Waals surface area contributed by atoms with E-state index in [4.69, 9.17) is 0 Å². The molecule has 2 fully saturated rings. The molecule has 3 heterocycles. The lowest BCUT2D eigenvalue weighted by Crippen LogP contribution is -2.74. The highest BCUT2D eigenvalue weighted by Crippen LogP contribution is 2.43. The zero-order valence-electron chi connectivity index (χ0n) is 17.2. The first-order chi connectivity index (χ1) is 15.5. The third kappa shape index (κ3) is 4.83. The monoisotopic (exact) mass is 469 g/mol. The highest BCUT2D eigenvalue weighted by atomic mass is 32.2. The summed E-state index contributed by atoms with van der Waals surface area (Å²) in [5.74, 6) is -0.593. The molecule has 0 aliphatic carbocycles. The number of hydrogen-bond acceptors (Lipinski definition) is 6. The van der Waals surface area contributed by atoms with Gasteiger partial charge in [0, 0.05) is 30.4 Å². The summed E-state index contributed by atoms with van der Waals surface area (Å²) >= 11 is 2.84. The van der Waals surface area contributed by atoms with Gasteiger partial charge in [-0.15, -0.1) is 23.5 Å². The Balaban J connectivity index is 1.33. The van der Waals surface area contributed by atoms with Gasteiger partial charge in [0.15, 0.2) is 0 Å². The molecular formula is C23H23N3O4S2. The number of benzene rings is 1. The van der Waals surface area contributed by atoms with Gasteiger partial charge in [0.1, 0.15) is 16.8 Å². The molecule has 166 valence electrons. The number of carbonyl (C=O) groups is 3.